The summed E-state index contributed by atoms with van der Waals surface area (Å²) in [4.78, 5) is 10.7. The van der Waals surface area contributed by atoms with Crippen molar-refractivity contribution >= 4 is 17.6 Å². The van der Waals surface area contributed by atoms with Crippen LogP contribution < -0.4 is 0 Å². The summed E-state index contributed by atoms with van der Waals surface area (Å²) in [5, 5.41) is 13.3. The van der Waals surface area contributed by atoms with E-state index in [1.807, 2.05) is 0 Å². The highest BCUT2D eigenvalue weighted by molar-refractivity contribution is 6.31. The van der Waals surface area contributed by atoms with Crippen LogP contribution in [0.3, 0.4) is 0 Å². The lowest BCUT2D eigenvalue weighted by Crippen LogP contribution is -2.07. The van der Waals surface area contributed by atoms with Gasteiger partial charge < -0.3 is 5.11 Å². The fourth-order valence-electron chi connectivity index (χ4n) is 1.55. The van der Waals surface area contributed by atoms with Crippen molar-refractivity contribution in [3.63, 3.8) is 0 Å². The molecule has 6 heteroatoms. The number of hydrogen-bond acceptors (Lipinski definition) is 2. The normalized spacial score (nSPS) is 10.6. The number of carboxylic acid groups (broad SMARTS) is 1. The van der Waals surface area contributed by atoms with Crippen molar-refractivity contribution in [2.24, 2.45) is 0 Å². The maximum atomic E-state index is 13.7. The SMILES string of the molecule is Cc1c(Cl)cnn1Cc1ccc(C(=O)O)cc1F. The molecular formula is C12H10ClFN2O2. The standard InChI is InChI=1S/C12H10ClFN2O2/c1-7-10(13)5-15-16(7)6-9-3-2-8(12(17)18)4-11(9)14/h2-5H,6H2,1H3,(H,17,18). The van der Waals surface area contributed by atoms with Crippen molar-refractivity contribution in [2.45, 2.75) is 13.5 Å². The first-order valence-electron chi connectivity index (χ1n) is 5.18. The Bertz CT molecular complexity index is 610. The van der Waals surface area contributed by atoms with Crippen molar-refractivity contribution in [1.29, 1.82) is 0 Å². The van der Waals surface area contributed by atoms with Crippen LogP contribution in [0.5, 0.6) is 0 Å². The van der Waals surface area contributed by atoms with Crippen molar-refractivity contribution in [1.82, 2.24) is 9.78 Å². The third-order valence-corrected chi connectivity index (χ3v) is 3.03. The summed E-state index contributed by atoms with van der Waals surface area (Å²) >= 11 is 5.85. The summed E-state index contributed by atoms with van der Waals surface area (Å²) < 4.78 is 15.3. The van der Waals surface area contributed by atoms with Gasteiger partial charge in [-0.2, -0.15) is 5.10 Å². The molecule has 2 aromatic rings. The molecule has 0 spiro atoms. The topological polar surface area (TPSA) is 55.1 Å². The highest BCUT2D eigenvalue weighted by Crippen LogP contribution is 2.17. The number of aromatic nitrogens is 2. The monoisotopic (exact) mass is 268 g/mol. The second-order valence-electron chi connectivity index (χ2n) is 3.85. The van der Waals surface area contributed by atoms with Crippen LogP contribution in [0.1, 0.15) is 21.6 Å². The van der Waals surface area contributed by atoms with Gasteiger partial charge in [0.25, 0.3) is 0 Å². The van der Waals surface area contributed by atoms with Crippen LogP contribution in [-0.4, -0.2) is 20.9 Å². The molecule has 0 bridgehead atoms. The molecule has 0 saturated heterocycles. The molecule has 0 aliphatic carbocycles. The van der Waals surface area contributed by atoms with Gasteiger partial charge in [-0.25, -0.2) is 9.18 Å². The van der Waals surface area contributed by atoms with E-state index in [0.29, 0.717) is 10.6 Å². The molecule has 0 saturated carbocycles. The predicted molar refractivity (Wildman–Crippen MR) is 64.4 cm³/mol. The number of carboxylic acids is 1. The lowest BCUT2D eigenvalue weighted by molar-refractivity contribution is 0.0696. The average molecular weight is 269 g/mol. The zero-order valence-electron chi connectivity index (χ0n) is 9.52. The summed E-state index contributed by atoms with van der Waals surface area (Å²) in [6.07, 6.45) is 1.49. The largest absolute Gasteiger partial charge is 0.478 e. The zero-order chi connectivity index (χ0) is 13.3. The molecule has 94 valence electrons. The maximum absolute atomic E-state index is 13.7. The molecule has 1 heterocycles. The lowest BCUT2D eigenvalue weighted by atomic mass is 10.1. The van der Waals surface area contributed by atoms with Gasteiger partial charge in [-0.1, -0.05) is 17.7 Å². The van der Waals surface area contributed by atoms with Crippen LogP contribution in [0.4, 0.5) is 4.39 Å². The smallest absolute Gasteiger partial charge is 0.335 e. The van der Waals surface area contributed by atoms with E-state index in [-0.39, 0.29) is 12.1 Å². The van der Waals surface area contributed by atoms with E-state index in [2.05, 4.69) is 5.10 Å². The second-order valence-corrected chi connectivity index (χ2v) is 4.25. The van der Waals surface area contributed by atoms with Gasteiger partial charge in [-0.15, -0.1) is 0 Å². The van der Waals surface area contributed by atoms with Crippen LogP contribution in [0.15, 0.2) is 24.4 Å². The Balaban J connectivity index is 2.30. The van der Waals surface area contributed by atoms with Crippen molar-refractivity contribution in [3.05, 3.63) is 52.1 Å². The molecule has 0 aliphatic rings. The maximum Gasteiger partial charge on any atom is 0.335 e. The molecular weight excluding hydrogens is 259 g/mol. The summed E-state index contributed by atoms with van der Waals surface area (Å²) in [7, 11) is 0. The van der Waals surface area contributed by atoms with Crippen LogP contribution >= 0.6 is 11.6 Å². The van der Waals surface area contributed by atoms with Gasteiger partial charge in [-0.3, -0.25) is 4.68 Å². The van der Waals surface area contributed by atoms with E-state index >= 15 is 0 Å². The fourth-order valence-corrected chi connectivity index (χ4v) is 1.69. The van der Waals surface area contributed by atoms with Crippen LogP contribution in [0.2, 0.25) is 5.02 Å². The van der Waals surface area contributed by atoms with Crippen molar-refractivity contribution < 1.29 is 14.3 Å². The van der Waals surface area contributed by atoms with Gasteiger partial charge in [0.2, 0.25) is 0 Å². The third-order valence-electron chi connectivity index (χ3n) is 2.66. The van der Waals surface area contributed by atoms with Gasteiger partial charge in [0.05, 0.1) is 29.0 Å². The molecule has 0 aliphatic heterocycles. The molecule has 2 rings (SSSR count). The van der Waals surface area contributed by atoms with Gasteiger partial charge >= 0.3 is 5.97 Å². The van der Waals surface area contributed by atoms with Crippen LogP contribution in [0.25, 0.3) is 0 Å². The van der Waals surface area contributed by atoms with Gasteiger partial charge in [0.1, 0.15) is 5.82 Å². The van der Waals surface area contributed by atoms with E-state index in [1.165, 1.54) is 18.3 Å². The Morgan fingerprint density at radius 2 is 2.28 bits per heavy atom. The minimum Gasteiger partial charge on any atom is -0.478 e. The number of halogens is 2. The minimum atomic E-state index is -1.15. The van der Waals surface area contributed by atoms with E-state index in [4.69, 9.17) is 16.7 Å². The summed E-state index contributed by atoms with van der Waals surface area (Å²) in [5.74, 6) is -1.72. The Morgan fingerprint density at radius 1 is 1.56 bits per heavy atom. The molecule has 18 heavy (non-hydrogen) atoms. The van der Waals surface area contributed by atoms with E-state index in [1.54, 1.807) is 11.6 Å². The quantitative estimate of drug-likeness (QED) is 0.931. The van der Waals surface area contributed by atoms with Gasteiger partial charge in [0, 0.05) is 5.56 Å². The Kier molecular flexibility index (Phi) is 3.34. The third kappa shape index (κ3) is 2.36. The Labute approximate surface area is 108 Å². The molecule has 4 nitrogen and oxygen atoms in total. The number of benzene rings is 1. The molecule has 0 fully saturated rings. The van der Waals surface area contributed by atoms with Crippen molar-refractivity contribution in [2.75, 3.05) is 0 Å². The number of carbonyl (C=O) groups is 1. The first-order valence-corrected chi connectivity index (χ1v) is 5.56. The Hall–Kier alpha value is -1.88. The molecule has 0 unspecified atom stereocenters. The minimum absolute atomic E-state index is 0.0773. The van der Waals surface area contributed by atoms with Crippen LogP contribution in [0, 0.1) is 12.7 Å². The van der Waals surface area contributed by atoms with E-state index in [0.717, 1.165) is 11.8 Å². The molecule has 1 aromatic carbocycles. The van der Waals surface area contributed by atoms with Crippen LogP contribution in [-0.2, 0) is 6.54 Å². The number of aromatic carboxylic acids is 1. The summed E-state index contributed by atoms with van der Waals surface area (Å²) in [6, 6.07) is 3.80. The second kappa shape index (κ2) is 4.78. The number of nitrogens with zero attached hydrogens (tertiary/aromatic N) is 2. The Morgan fingerprint density at radius 3 is 2.78 bits per heavy atom. The highest BCUT2D eigenvalue weighted by atomic mass is 35.5. The van der Waals surface area contributed by atoms with Gasteiger partial charge in [0.15, 0.2) is 0 Å². The lowest BCUT2D eigenvalue weighted by Gasteiger charge is -2.06. The predicted octanol–water partition coefficient (Wildman–Crippen LogP) is 2.73. The average Bonchev–Trinajstić information content (AvgIpc) is 2.63. The summed E-state index contributed by atoms with van der Waals surface area (Å²) in [5.41, 5.74) is 1.02. The molecule has 0 amide bonds. The first kappa shape index (κ1) is 12.6. The molecule has 0 atom stereocenters. The first-order chi connectivity index (χ1) is 8.49. The molecule has 1 aromatic heterocycles. The number of hydrogen-bond donors (Lipinski definition) is 1. The van der Waals surface area contributed by atoms with E-state index < -0.39 is 11.8 Å². The molecule has 0 radical (unpaired) electrons. The van der Waals surface area contributed by atoms with Crippen molar-refractivity contribution in [3.8, 4) is 0 Å². The van der Waals surface area contributed by atoms with Gasteiger partial charge in [-0.05, 0) is 19.1 Å². The van der Waals surface area contributed by atoms with E-state index in [9.17, 15) is 9.18 Å². The highest BCUT2D eigenvalue weighted by Gasteiger charge is 2.11. The number of rotatable bonds is 3. The fraction of sp³-hybridized carbons (Fsp3) is 0.167. The summed E-state index contributed by atoms with van der Waals surface area (Å²) in [6.45, 7) is 1.99. The molecule has 1 N–H and O–H groups in total. The zero-order valence-corrected chi connectivity index (χ0v) is 10.3.